The lowest BCUT2D eigenvalue weighted by molar-refractivity contribution is -0.154. The Bertz CT molecular complexity index is 1610. The maximum absolute atomic E-state index is 13.9. The van der Waals surface area contributed by atoms with E-state index in [1.54, 1.807) is 24.0 Å². The Labute approximate surface area is 239 Å². The number of amides is 1. The van der Waals surface area contributed by atoms with Gasteiger partial charge in [-0.15, -0.1) is 4.40 Å². The van der Waals surface area contributed by atoms with Crippen LogP contribution >= 0.6 is 0 Å². The van der Waals surface area contributed by atoms with Crippen molar-refractivity contribution in [1.29, 1.82) is 0 Å². The maximum atomic E-state index is 13.9. The first-order chi connectivity index (χ1) is 19.3. The molecule has 0 spiro atoms. The molecule has 13 heteroatoms. The predicted octanol–water partition coefficient (Wildman–Crippen LogP) is 3.28. The number of anilines is 1. The summed E-state index contributed by atoms with van der Waals surface area (Å²) in [4.78, 5) is 28.4. The summed E-state index contributed by atoms with van der Waals surface area (Å²) in [5, 5.41) is 2.91. The van der Waals surface area contributed by atoms with Gasteiger partial charge in [-0.05, 0) is 73.4 Å². The van der Waals surface area contributed by atoms with Crippen LogP contribution in [0.2, 0.25) is 0 Å². The summed E-state index contributed by atoms with van der Waals surface area (Å²) < 4.78 is 72.3. The van der Waals surface area contributed by atoms with E-state index >= 15 is 0 Å². The molecule has 0 aromatic heterocycles. The van der Waals surface area contributed by atoms with Gasteiger partial charge in [0.2, 0.25) is 5.91 Å². The Hall–Kier alpha value is -3.32. The molecule has 1 aliphatic heterocycles. The van der Waals surface area contributed by atoms with Gasteiger partial charge in [0.25, 0.3) is 10.0 Å². The molecule has 41 heavy (non-hydrogen) atoms. The molecule has 1 amide bonds. The molecule has 2 aromatic rings. The third kappa shape index (κ3) is 6.30. The van der Waals surface area contributed by atoms with Crippen molar-refractivity contribution in [3.05, 3.63) is 59.4 Å². The van der Waals surface area contributed by atoms with Gasteiger partial charge in [-0.3, -0.25) is 9.59 Å². The summed E-state index contributed by atoms with van der Waals surface area (Å²) in [5.41, 5.74) is 1.16. The molecule has 10 nitrogen and oxygen atoms in total. The van der Waals surface area contributed by atoms with Crippen molar-refractivity contribution in [2.75, 3.05) is 18.2 Å². The van der Waals surface area contributed by atoms with Crippen molar-refractivity contribution in [1.82, 2.24) is 4.90 Å². The van der Waals surface area contributed by atoms with Crippen molar-refractivity contribution in [2.45, 2.75) is 55.8 Å². The van der Waals surface area contributed by atoms with Crippen LogP contribution in [-0.4, -0.2) is 58.4 Å². The largest absolute Gasteiger partial charge is 0.466 e. The van der Waals surface area contributed by atoms with Gasteiger partial charge >= 0.3 is 5.97 Å². The number of halogens is 1. The molecule has 2 fully saturated rings. The van der Waals surface area contributed by atoms with Gasteiger partial charge in [-0.2, -0.15) is 8.42 Å². The number of nitrogens with zero attached hydrogens (tertiary/aromatic N) is 2. The van der Waals surface area contributed by atoms with E-state index in [4.69, 9.17) is 4.74 Å². The lowest BCUT2D eigenvalue weighted by atomic mass is 9.83. The molecule has 0 radical (unpaired) electrons. The molecule has 2 bridgehead atoms. The Kier molecular flexibility index (Phi) is 7.94. The van der Waals surface area contributed by atoms with Crippen LogP contribution in [0.4, 0.5) is 10.1 Å². The van der Waals surface area contributed by atoms with Crippen LogP contribution in [0.3, 0.4) is 0 Å². The molecule has 3 aliphatic rings. The molecule has 2 saturated carbocycles. The Morgan fingerprint density at radius 3 is 2.46 bits per heavy atom. The highest BCUT2D eigenvalue weighted by atomic mass is 32.2. The van der Waals surface area contributed by atoms with Gasteiger partial charge in [-0.1, -0.05) is 18.2 Å². The van der Waals surface area contributed by atoms with Crippen LogP contribution in [0.15, 0.2) is 51.8 Å². The molecular formula is C28H32FN3O7S2. The summed E-state index contributed by atoms with van der Waals surface area (Å²) in [7, 11) is -7.61. The standard InChI is InChI=1S/C28H32FN3O7S2/c1-3-39-28(34)26-19-7-8-20(13-19)27(26)32(15-17-4-9-21(29)10-5-17)25(33)14-24-30-22-11-6-18(16-40(2,35)36)12-23(22)41(37,38)31-24/h4-6,9-12,19-20,26-27H,3,7-8,13-16H2,1-2H3,(H,30,31)/t19-,20+,26-,27+/m1/s1. The number of hydrogen-bond acceptors (Lipinski definition) is 8. The number of sulfonamides is 1. The first kappa shape index (κ1) is 29.2. The van der Waals surface area contributed by atoms with Crippen LogP contribution in [-0.2, 0) is 46.5 Å². The molecule has 2 aromatic carbocycles. The fraction of sp³-hybridized carbons (Fsp3) is 0.464. The number of nitrogens with one attached hydrogen (secondary N) is 1. The molecule has 4 atom stereocenters. The third-order valence-corrected chi connectivity index (χ3v) is 10.2. The van der Waals surface area contributed by atoms with E-state index in [-0.39, 0.29) is 59.5 Å². The zero-order valence-corrected chi connectivity index (χ0v) is 24.4. The highest BCUT2D eigenvalue weighted by molar-refractivity contribution is 7.90. The molecule has 1 heterocycles. The molecule has 1 N–H and O–H groups in total. The molecular weight excluding hydrogens is 573 g/mol. The average Bonchev–Trinajstić information content (AvgIpc) is 3.50. The number of fused-ring (bicyclic) bond motifs is 3. The van der Waals surface area contributed by atoms with E-state index in [1.807, 2.05) is 0 Å². The normalized spacial score (nSPS) is 24.2. The summed E-state index contributed by atoms with van der Waals surface area (Å²) in [5.74, 6) is -1.94. The first-order valence-electron chi connectivity index (χ1n) is 13.5. The fourth-order valence-corrected chi connectivity index (χ4v) is 8.38. The lowest BCUT2D eigenvalue weighted by Crippen LogP contribution is -2.50. The Morgan fingerprint density at radius 2 is 1.78 bits per heavy atom. The minimum absolute atomic E-state index is 0.0813. The summed E-state index contributed by atoms with van der Waals surface area (Å²) in [6.07, 6.45) is 3.19. The summed E-state index contributed by atoms with van der Waals surface area (Å²) in [6.45, 7) is 2.06. The number of esters is 1. The average molecular weight is 606 g/mol. The molecule has 220 valence electrons. The minimum atomic E-state index is -4.22. The highest BCUT2D eigenvalue weighted by Crippen LogP contribution is 2.51. The van der Waals surface area contributed by atoms with Crippen molar-refractivity contribution in [3.8, 4) is 0 Å². The Balaban J connectivity index is 1.44. The smallest absolute Gasteiger partial charge is 0.311 e. The van der Waals surface area contributed by atoms with E-state index in [0.717, 1.165) is 25.5 Å². The van der Waals surface area contributed by atoms with Gasteiger partial charge in [-0.25, -0.2) is 12.8 Å². The quantitative estimate of drug-likeness (QED) is 0.430. The van der Waals surface area contributed by atoms with E-state index < -0.39 is 43.5 Å². The number of rotatable bonds is 9. The van der Waals surface area contributed by atoms with Crippen molar-refractivity contribution in [3.63, 3.8) is 0 Å². The number of ether oxygens (including phenoxy) is 1. The van der Waals surface area contributed by atoms with Crippen molar-refractivity contribution < 1.29 is 35.6 Å². The molecule has 0 saturated heterocycles. The van der Waals surface area contributed by atoms with Gasteiger partial charge in [0, 0.05) is 18.8 Å². The maximum Gasteiger partial charge on any atom is 0.311 e. The van der Waals surface area contributed by atoms with Gasteiger partial charge < -0.3 is 15.0 Å². The fourth-order valence-electron chi connectivity index (χ4n) is 6.40. The van der Waals surface area contributed by atoms with Gasteiger partial charge in [0.05, 0.1) is 30.4 Å². The highest BCUT2D eigenvalue weighted by Gasteiger charge is 2.54. The van der Waals surface area contributed by atoms with Crippen LogP contribution < -0.4 is 5.32 Å². The van der Waals surface area contributed by atoms with Crippen molar-refractivity contribution >= 4 is 43.3 Å². The SMILES string of the molecule is CCOC(=O)[C@@H]1[C@@H]2CC[C@@H](C2)[C@@H]1N(Cc1ccc(F)cc1)C(=O)CC1=NS(=O)(=O)c2cc(CS(C)(=O)=O)ccc2N1. The van der Waals surface area contributed by atoms with Crippen LogP contribution in [0.25, 0.3) is 0 Å². The second-order valence-electron chi connectivity index (χ2n) is 11.0. The topological polar surface area (TPSA) is 139 Å². The number of amidine groups is 1. The second kappa shape index (κ2) is 11.2. The van der Waals surface area contributed by atoms with Gasteiger partial charge in [0.1, 0.15) is 16.5 Å². The number of carbonyl (C=O) groups excluding carboxylic acids is 2. The first-order valence-corrected chi connectivity index (χ1v) is 17.0. The van der Waals surface area contributed by atoms with Crippen LogP contribution in [0.5, 0.6) is 0 Å². The number of carbonyl (C=O) groups is 2. The van der Waals surface area contributed by atoms with E-state index in [2.05, 4.69) is 9.71 Å². The van der Waals surface area contributed by atoms with E-state index in [1.165, 1.54) is 30.3 Å². The zero-order chi connectivity index (χ0) is 29.5. The number of hydrogen-bond donors (Lipinski definition) is 1. The van der Waals surface area contributed by atoms with Crippen LogP contribution in [0.1, 0.15) is 43.7 Å². The van der Waals surface area contributed by atoms with Crippen LogP contribution in [0, 0.1) is 23.6 Å². The monoisotopic (exact) mass is 605 g/mol. The lowest BCUT2D eigenvalue weighted by Gasteiger charge is -2.39. The summed E-state index contributed by atoms with van der Waals surface area (Å²) >= 11 is 0. The third-order valence-electron chi connectivity index (χ3n) is 7.96. The minimum Gasteiger partial charge on any atom is -0.466 e. The Morgan fingerprint density at radius 1 is 1.10 bits per heavy atom. The van der Waals surface area contributed by atoms with Gasteiger partial charge in [0.15, 0.2) is 9.84 Å². The second-order valence-corrected chi connectivity index (χ2v) is 14.7. The van der Waals surface area contributed by atoms with E-state index in [9.17, 15) is 30.8 Å². The predicted molar refractivity (Wildman–Crippen MR) is 150 cm³/mol. The summed E-state index contributed by atoms with van der Waals surface area (Å²) in [6, 6.07) is 9.54. The molecule has 5 rings (SSSR count). The number of sulfone groups is 1. The van der Waals surface area contributed by atoms with E-state index in [0.29, 0.717) is 11.1 Å². The molecule has 0 unspecified atom stereocenters. The van der Waals surface area contributed by atoms with Crippen molar-refractivity contribution in [2.24, 2.45) is 22.2 Å². The molecule has 2 aliphatic carbocycles. The zero-order valence-electron chi connectivity index (χ0n) is 22.7. The number of benzene rings is 2.